The molecule has 0 amide bonds. The molecule has 0 N–H and O–H groups in total. The van der Waals surface area contributed by atoms with Gasteiger partial charge < -0.3 is 4.74 Å². The summed E-state index contributed by atoms with van der Waals surface area (Å²) in [6.07, 6.45) is 0. The molecular weight excluding hydrogens is 350 g/mol. The molecule has 0 fully saturated rings. The molecule has 0 saturated carbocycles. The van der Waals surface area contributed by atoms with Crippen LogP contribution in [0.5, 0.6) is 5.75 Å². The summed E-state index contributed by atoms with van der Waals surface area (Å²) in [4.78, 5) is 22.5. The minimum absolute atomic E-state index is 0.0673. The van der Waals surface area contributed by atoms with E-state index in [0.29, 0.717) is 11.3 Å². The lowest BCUT2D eigenvalue weighted by molar-refractivity contribution is -0.385. The molecule has 0 spiro atoms. The van der Waals surface area contributed by atoms with Crippen LogP contribution < -0.4 is 4.74 Å². The molecule has 6 heteroatoms. The molecule has 0 aliphatic rings. The zero-order valence-corrected chi connectivity index (χ0v) is 13.7. The lowest BCUT2D eigenvalue weighted by Gasteiger charge is -2.08. The number of nitro groups is 1. The number of nitrogens with zero attached hydrogens (tertiary/aromatic N) is 1. The standard InChI is InChI=1S/C16H14BrNO4/c1-10-3-6-16(13(17)7-10)22-9-15(19)12-5-4-11(2)14(8-12)18(20)21/h3-8H,9H2,1-2H3. The highest BCUT2D eigenvalue weighted by Gasteiger charge is 2.15. The summed E-state index contributed by atoms with van der Waals surface area (Å²) in [6, 6.07) is 9.94. The highest BCUT2D eigenvalue weighted by atomic mass is 79.9. The number of benzene rings is 2. The van der Waals surface area contributed by atoms with Gasteiger partial charge in [0.05, 0.1) is 9.40 Å². The van der Waals surface area contributed by atoms with E-state index in [4.69, 9.17) is 4.74 Å². The van der Waals surface area contributed by atoms with E-state index in [9.17, 15) is 14.9 Å². The molecule has 0 aliphatic carbocycles. The molecule has 5 nitrogen and oxygen atoms in total. The van der Waals surface area contributed by atoms with Crippen LogP contribution in [0, 0.1) is 24.0 Å². The van der Waals surface area contributed by atoms with Gasteiger partial charge in [-0.15, -0.1) is 0 Å². The fourth-order valence-electron chi connectivity index (χ4n) is 1.93. The SMILES string of the molecule is Cc1ccc(OCC(=O)c2ccc(C)c([N+](=O)[O-])c2)c(Br)c1. The van der Waals surface area contributed by atoms with Crippen molar-refractivity contribution < 1.29 is 14.5 Å². The predicted octanol–water partition coefficient (Wildman–Crippen LogP) is 4.24. The van der Waals surface area contributed by atoms with Gasteiger partial charge >= 0.3 is 0 Å². The molecule has 0 aromatic heterocycles. The summed E-state index contributed by atoms with van der Waals surface area (Å²) < 4.78 is 6.23. The molecule has 0 radical (unpaired) electrons. The van der Waals surface area contributed by atoms with E-state index in [-0.39, 0.29) is 23.6 Å². The van der Waals surface area contributed by atoms with Crippen LogP contribution in [0.4, 0.5) is 5.69 Å². The Morgan fingerprint density at radius 2 is 1.95 bits per heavy atom. The van der Waals surface area contributed by atoms with Crippen LogP contribution in [-0.4, -0.2) is 17.3 Å². The zero-order chi connectivity index (χ0) is 16.3. The topological polar surface area (TPSA) is 69.4 Å². The van der Waals surface area contributed by atoms with Crippen LogP contribution >= 0.6 is 15.9 Å². The third kappa shape index (κ3) is 3.71. The maximum Gasteiger partial charge on any atom is 0.273 e. The van der Waals surface area contributed by atoms with Crippen LogP contribution in [0.25, 0.3) is 0 Å². The van der Waals surface area contributed by atoms with Crippen molar-refractivity contribution >= 4 is 27.4 Å². The van der Waals surface area contributed by atoms with Crippen molar-refractivity contribution in [3.63, 3.8) is 0 Å². The molecule has 2 aromatic carbocycles. The van der Waals surface area contributed by atoms with Crippen LogP contribution in [0.2, 0.25) is 0 Å². The summed E-state index contributed by atoms with van der Waals surface area (Å²) in [5, 5.41) is 10.9. The van der Waals surface area contributed by atoms with Gasteiger partial charge in [-0.25, -0.2) is 0 Å². The van der Waals surface area contributed by atoms with E-state index in [1.165, 1.54) is 6.07 Å². The molecule has 0 heterocycles. The van der Waals surface area contributed by atoms with E-state index in [1.807, 2.05) is 19.1 Å². The average molecular weight is 364 g/mol. The molecule has 0 atom stereocenters. The Morgan fingerprint density at radius 3 is 2.59 bits per heavy atom. The lowest BCUT2D eigenvalue weighted by atomic mass is 10.1. The first-order valence-electron chi connectivity index (χ1n) is 6.55. The van der Waals surface area contributed by atoms with Crippen LogP contribution in [-0.2, 0) is 0 Å². The Hall–Kier alpha value is -2.21. The summed E-state index contributed by atoms with van der Waals surface area (Å²) in [5.74, 6) is 0.246. The van der Waals surface area contributed by atoms with E-state index in [0.717, 1.165) is 10.0 Å². The van der Waals surface area contributed by atoms with Gasteiger partial charge in [-0.05, 0) is 47.5 Å². The maximum atomic E-state index is 12.1. The summed E-state index contributed by atoms with van der Waals surface area (Å²) >= 11 is 3.37. The molecule has 0 saturated heterocycles. The quantitative estimate of drug-likeness (QED) is 0.452. The van der Waals surface area contributed by atoms with Gasteiger partial charge in [0, 0.05) is 17.2 Å². The van der Waals surface area contributed by atoms with Gasteiger partial charge in [0.1, 0.15) is 5.75 Å². The second-order valence-electron chi connectivity index (χ2n) is 4.90. The molecule has 2 rings (SSSR count). The third-order valence-electron chi connectivity index (χ3n) is 3.17. The monoisotopic (exact) mass is 363 g/mol. The minimum Gasteiger partial charge on any atom is -0.484 e. The number of ketones is 1. The van der Waals surface area contributed by atoms with Gasteiger partial charge in [-0.3, -0.25) is 14.9 Å². The normalized spacial score (nSPS) is 10.3. The van der Waals surface area contributed by atoms with Crippen LogP contribution in [0.15, 0.2) is 40.9 Å². The second kappa shape index (κ2) is 6.70. The molecule has 114 valence electrons. The molecule has 0 aliphatic heterocycles. The van der Waals surface area contributed by atoms with E-state index >= 15 is 0 Å². The van der Waals surface area contributed by atoms with E-state index in [2.05, 4.69) is 15.9 Å². The lowest BCUT2D eigenvalue weighted by Crippen LogP contribution is -2.12. The van der Waals surface area contributed by atoms with Crippen molar-refractivity contribution in [1.82, 2.24) is 0 Å². The van der Waals surface area contributed by atoms with Crippen LogP contribution in [0.1, 0.15) is 21.5 Å². The Kier molecular flexibility index (Phi) is 4.92. The maximum absolute atomic E-state index is 12.1. The highest BCUT2D eigenvalue weighted by Crippen LogP contribution is 2.26. The van der Waals surface area contributed by atoms with Gasteiger partial charge in [0.15, 0.2) is 12.4 Å². The largest absolute Gasteiger partial charge is 0.484 e. The summed E-state index contributed by atoms with van der Waals surface area (Å²) in [6.45, 7) is 3.40. The molecular formula is C16H14BrNO4. The average Bonchev–Trinajstić information content (AvgIpc) is 2.46. The Morgan fingerprint density at radius 1 is 1.23 bits per heavy atom. The van der Waals surface area contributed by atoms with Gasteiger partial charge in [-0.2, -0.15) is 0 Å². The summed E-state index contributed by atoms with van der Waals surface area (Å²) in [5.41, 5.74) is 1.78. The Bertz CT molecular complexity index is 743. The first kappa shape index (κ1) is 16.2. The van der Waals surface area contributed by atoms with Crippen molar-refractivity contribution in [3.05, 3.63) is 67.7 Å². The molecule has 0 unspecified atom stereocenters. The van der Waals surface area contributed by atoms with Crippen LogP contribution in [0.3, 0.4) is 0 Å². The third-order valence-corrected chi connectivity index (χ3v) is 3.79. The number of ether oxygens (including phenoxy) is 1. The summed E-state index contributed by atoms with van der Waals surface area (Å²) in [7, 11) is 0. The number of hydrogen-bond acceptors (Lipinski definition) is 4. The first-order chi connectivity index (χ1) is 10.4. The number of rotatable bonds is 5. The highest BCUT2D eigenvalue weighted by molar-refractivity contribution is 9.10. The number of nitro benzene ring substituents is 1. The first-order valence-corrected chi connectivity index (χ1v) is 7.35. The minimum atomic E-state index is -0.496. The second-order valence-corrected chi connectivity index (χ2v) is 5.76. The van der Waals surface area contributed by atoms with Crippen molar-refractivity contribution in [3.8, 4) is 5.75 Å². The van der Waals surface area contributed by atoms with Gasteiger partial charge in [0.2, 0.25) is 0 Å². The van der Waals surface area contributed by atoms with Crippen molar-refractivity contribution in [2.24, 2.45) is 0 Å². The van der Waals surface area contributed by atoms with Crippen molar-refractivity contribution in [1.29, 1.82) is 0 Å². The molecule has 0 bridgehead atoms. The number of hydrogen-bond donors (Lipinski definition) is 0. The Balaban J connectivity index is 2.12. The fraction of sp³-hybridized carbons (Fsp3) is 0.188. The number of carbonyl (C=O) groups excluding carboxylic acids is 1. The van der Waals surface area contributed by atoms with E-state index in [1.54, 1.807) is 25.1 Å². The number of Topliss-reactive ketones (excluding diaryl/α,β-unsaturated/α-hetero) is 1. The molecule has 2 aromatic rings. The van der Waals surface area contributed by atoms with Gasteiger partial charge in [0.25, 0.3) is 5.69 Å². The Labute approximate surface area is 136 Å². The fourth-order valence-corrected chi connectivity index (χ4v) is 2.54. The number of carbonyl (C=O) groups is 1. The smallest absolute Gasteiger partial charge is 0.273 e. The molecule has 22 heavy (non-hydrogen) atoms. The predicted molar refractivity (Wildman–Crippen MR) is 86.5 cm³/mol. The number of halogens is 1. The zero-order valence-electron chi connectivity index (χ0n) is 12.1. The number of aryl methyl sites for hydroxylation is 2. The van der Waals surface area contributed by atoms with Crippen molar-refractivity contribution in [2.45, 2.75) is 13.8 Å². The van der Waals surface area contributed by atoms with Gasteiger partial charge in [-0.1, -0.05) is 18.2 Å². The van der Waals surface area contributed by atoms with Crippen molar-refractivity contribution in [2.75, 3.05) is 6.61 Å². The van der Waals surface area contributed by atoms with E-state index < -0.39 is 4.92 Å².